The molecule has 0 spiro atoms. The monoisotopic (exact) mass is 395 g/mol. The van der Waals surface area contributed by atoms with Crippen LogP contribution in [0.1, 0.15) is 18.7 Å². The largest absolute Gasteiger partial charge is 0.425 e. The maximum atomic E-state index is 12.5. The highest BCUT2D eigenvalue weighted by Gasteiger charge is 2.21. The van der Waals surface area contributed by atoms with Gasteiger partial charge in [-0.2, -0.15) is 11.8 Å². The first-order valence-electron chi connectivity index (χ1n) is 9.20. The number of imidazole rings is 1. The third-order valence-electron chi connectivity index (χ3n) is 4.75. The number of aromatic nitrogens is 2. The smallest absolute Gasteiger partial charge is 0.331 e. The summed E-state index contributed by atoms with van der Waals surface area (Å²) in [6, 6.07) is 14.9. The van der Waals surface area contributed by atoms with Gasteiger partial charge in [-0.15, -0.1) is 0 Å². The SMILES string of the molecule is CSCc1nc2ccccc2n1CC(=O)Oc1ccc(N2CCCC2=O)cc1. The first-order valence-corrected chi connectivity index (χ1v) is 10.6. The van der Waals surface area contributed by atoms with E-state index >= 15 is 0 Å². The first-order chi connectivity index (χ1) is 13.7. The van der Waals surface area contributed by atoms with Crippen molar-refractivity contribution in [2.45, 2.75) is 25.1 Å². The summed E-state index contributed by atoms with van der Waals surface area (Å²) in [4.78, 5) is 30.8. The standard InChI is InChI=1S/C21H21N3O3S/c1-28-14-19-22-17-5-2-3-6-18(17)24(19)13-21(26)27-16-10-8-15(9-11-16)23-12-4-7-20(23)25/h2-3,5-6,8-11H,4,7,12-14H2,1H3. The molecule has 3 aromatic rings. The molecule has 6 nitrogen and oxygen atoms in total. The molecule has 2 heterocycles. The summed E-state index contributed by atoms with van der Waals surface area (Å²) in [5.74, 6) is 1.83. The lowest BCUT2D eigenvalue weighted by Gasteiger charge is -2.16. The minimum atomic E-state index is -0.351. The van der Waals surface area contributed by atoms with Crippen LogP contribution in [0, 0.1) is 0 Å². The molecule has 144 valence electrons. The molecule has 28 heavy (non-hydrogen) atoms. The van der Waals surface area contributed by atoms with Crippen LogP contribution in [0.15, 0.2) is 48.5 Å². The molecule has 0 N–H and O–H groups in total. The number of benzene rings is 2. The highest BCUT2D eigenvalue weighted by molar-refractivity contribution is 7.97. The van der Waals surface area contributed by atoms with E-state index < -0.39 is 0 Å². The molecule has 0 bridgehead atoms. The lowest BCUT2D eigenvalue weighted by Crippen LogP contribution is -2.23. The number of hydrogen-bond acceptors (Lipinski definition) is 5. The van der Waals surface area contributed by atoms with E-state index in [9.17, 15) is 9.59 Å². The van der Waals surface area contributed by atoms with E-state index in [1.165, 1.54) is 0 Å². The lowest BCUT2D eigenvalue weighted by atomic mass is 10.3. The average molecular weight is 395 g/mol. The number of para-hydroxylation sites is 2. The average Bonchev–Trinajstić information content (AvgIpc) is 3.27. The number of esters is 1. The number of carbonyl (C=O) groups excluding carboxylic acids is 2. The summed E-state index contributed by atoms with van der Waals surface area (Å²) in [5.41, 5.74) is 2.63. The molecular weight excluding hydrogens is 374 g/mol. The van der Waals surface area contributed by atoms with Gasteiger partial charge in [0.1, 0.15) is 18.1 Å². The van der Waals surface area contributed by atoms with Gasteiger partial charge in [-0.1, -0.05) is 12.1 Å². The van der Waals surface area contributed by atoms with Gasteiger partial charge >= 0.3 is 5.97 Å². The number of nitrogens with zero attached hydrogens (tertiary/aromatic N) is 3. The zero-order chi connectivity index (χ0) is 19.5. The summed E-state index contributed by atoms with van der Waals surface area (Å²) in [5, 5.41) is 0. The normalized spacial score (nSPS) is 14.0. The molecule has 4 rings (SSSR count). The number of carbonyl (C=O) groups is 2. The minimum Gasteiger partial charge on any atom is -0.425 e. The highest BCUT2D eigenvalue weighted by atomic mass is 32.2. The number of rotatable bonds is 6. The Kier molecular flexibility index (Phi) is 5.34. The molecule has 1 aromatic heterocycles. The van der Waals surface area contributed by atoms with Crippen LogP contribution in [-0.4, -0.2) is 34.2 Å². The maximum absolute atomic E-state index is 12.5. The quantitative estimate of drug-likeness (QED) is 0.471. The van der Waals surface area contributed by atoms with Crippen LogP contribution in [0.2, 0.25) is 0 Å². The van der Waals surface area contributed by atoms with Crippen molar-refractivity contribution in [2.24, 2.45) is 0 Å². The van der Waals surface area contributed by atoms with E-state index in [2.05, 4.69) is 4.98 Å². The van der Waals surface area contributed by atoms with E-state index in [-0.39, 0.29) is 18.4 Å². The van der Waals surface area contributed by atoms with Crippen molar-refractivity contribution in [1.82, 2.24) is 9.55 Å². The van der Waals surface area contributed by atoms with Crippen LogP contribution in [-0.2, 0) is 21.9 Å². The molecular formula is C21H21N3O3S. The van der Waals surface area contributed by atoms with E-state index in [1.807, 2.05) is 47.2 Å². The Labute approximate surface area is 167 Å². The predicted molar refractivity (Wildman–Crippen MR) is 111 cm³/mol. The van der Waals surface area contributed by atoms with Crippen molar-refractivity contribution >= 4 is 40.4 Å². The van der Waals surface area contributed by atoms with Gasteiger partial charge < -0.3 is 14.2 Å². The Hall–Kier alpha value is -2.80. The second-order valence-electron chi connectivity index (χ2n) is 6.65. The molecule has 0 atom stereocenters. The van der Waals surface area contributed by atoms with E-state index in [1.54, 1.807) is 28.8 Å². The van der Waals surface area contributed by atoms with Crippen LogP contribution in [0.25, 0.3) is 11.0 Å². The zero-order valence-electron chi connectivity index (χ0n) is 15.6. The van der Waals surface area contributed by atoms with Crippen molar-refractivity contribution in [3.8, 4) is 5.75 Å². The molecule has 0 aliphatic carbocycles. The van der Waals surface area contributed by atoms with Crippen LogP contribution in [0.4, 0.5) is 5.69 Å². The Balaban J connectivity index is 1.48. The van der Waals surface area contributed by atoms with Gasteiger partial charge in [-0.3, -0.25) is 4.79 Å². The van der Waals surface area contributed by atoms with Crippen molar-refractivity contribution < 1.29 is 14.3 Å². The Bertz CT molecular complexity index is 1010. The second-order valence-corrected chi connectivity index (χ2v) is 7.52. The van der Waals surface area contributed by atoms with Gasteiger partial charge in [0.2, 0.25) is 5.91 Å². The zero-order valence-corrected chi connectivity index (χ0v) is 16.4. The van der Waals surface area contributed by atoms with E-state index in [0.717, 1.165) is 41.3 Å². The molecule has 1 fully saturated rings. The topological polar surface area (TPSA) is 64.4 Å². The van der Waals surface area contributed by atoms with Crippen molar-refractivity contribution in [3.63, 3.8) is 0 Å². The summed E-state index contributed by atoms with van der Waals surface area (Å²) >= 11 is 1.66. The van der Waals surface area contributed by atoms with Crippen LogP contribution < -0.4 is 9.64 Å². The number of fused-ring (bicyclic) bond motifs is 1. The van der Waals surface area contributed by atoms with Crippen molar-refractivity contribution in [3.05, 3.63) is 54.4 Å². The van der Waals surface area contributed by atoms with Gasteiger partial charge in [-0.05, 0) is 49.1 Å². The molecule has 1 aliphatic rings. The summed E-state index contributed by atoms with van der Waals surface area (Å²) in [6.07, 6.45) is 3.48. The van der Waals surface area contributed by atoms with Gasteiger partial charge in [0.25, 0.3) is 0 Å². The van der Waals surface area contributed by atoms with Gasteiger partial charge in [-0.25, -0.2) is 9.78 Å². The number of anilines is 1. The van der Waals surface area contributed by atoms with Gasteiger partial charge in [0.15, 0.2) is 0 Å². The number of ether oxygens (including phenoxy) is 1. The number of hydrogen-bond donors (Lipinski definition) is 0. The molecule has 0 unspecified atom stereocenters. The third-order valence-corrected chi connectivity index (χ3v) is 5.29. The van der Waals surface area contributed by atoms with Crippen LogP contribution in [0.3, 0.4) is 0 Å². The molecule has 0 radical (unpaired) electrons. The lowest BCUT2D eigenvalue weighted by molar-refractivity contribution is -0.135. The fourth-order valence-corrected chi connectivity index (χ4v) is 3.93. The minimum absolute atomic E-state index is 0.1000. The van der Waals surface area contributed by atoms with Gasteiger partial charge in [0.05, 0.1) is 16.8 Å². The Morgan fingerprint density at radius 1 is 1.18 bits per heavy atom. The molecule has 7 heteroatoms. The fraction of sp³-hybridized carbons (Fsp3) is 0.286. The van der Waals surface area contributed by atoms with E-state index in [0.29, 0.717) is 12.2 Å². The predicted octanol–water partition coefficient (Wildman–Crippen LogP) is 3.63. The van der Waals surface area contributed by atoms with Crippen LogP contribution in [0.5, 0.6) is 5.75 Å². The Morgan fingerprint density at radius 2 is 1.96 bits per heavy atom. The molecule has 1 amide bonds. The van der Waals surface area contributed by atoms with Crippen molar-refractivity contribution in [2.75, 3.05) is 17.7 Å². The maximum Gasteiger partial charge on any atom is 0.331 e. The van der Waals surface area contributed by atoms with Crippen LogP contribution >= 0.6 is 11.8 Å². The molecule has 1 saturated heterocycles. The Morgan fingerprint density at radius 3 is 2.68 bits per heavy atom. The number of amides is 1. The second kappa shape index (κ2) is 8.06. The molecule has 2 aromatic carbocycles. The first kappa shape index (κ1) is 18.6. The number of thioether (sulfide) groups is 1. The van der Waals surface area contributed by atoms with Gasteiger partial charge in [0, 0.05) is 18.7 Å². The highest BCUT2D eigenvalue weighted by Crippen LogP contribution is 2.24. The van der Waals surface area contributed by atoms with E-state index in [4.69, 9.17) is 4.74 Å². The molecule has 1 aliphatic heterocycles. The summed E-state index contributed by atoms with van der Waals surface area (Å²) in [7, 11) is 0. The van der Waals surface area contributed by atoms with Crippen molar-refractivity contribution in [1.29, 1.82) is 0 Å². The summed E-state index contributed by atoms with van der Waals surface area (Å²) < 4.78 is 7.42. The molecule has 0 saturated carbocycles. The third kappa shape index (κ3) is 3.75. The fourth-order valence-electron chi connectivity index (χ4n) is 3.45. The summed E-state index contributed by atoms with van der Waals surface area (Å²) in [6.45, 7) is 0.840.